The highest BCUT2D eigenvalue weighted by Gasteiger charge is 2.50. The molecule has 1 aliphatic heterocycles. The molecular formula is C20H33ClN3O3S2+. The maximum Gasteiger partial charge on any atom is 0.311 e. The molecule has 1 aromatic carbocycles. The molecule has 1 unspecified atom stereocenters. The monoisotopic (exact) mass is 462 g/mol. The molecule has 1 heterocycles. The van der Waals surface area contributed by atoms with Crippen molar-refractivity contribution in [3.63, 3.8) is 0 Å². The number of halogens is 1. The van der Waals surface area contributed by atoms with Gasteiger partial charge in [0, 0.05) is 12.1 Å². The van der Waals surface area contributed by atoms with Gasteiger partial charge in [0.15, 0.2) is 0 Å². The second kappa shape index (κ2) is 10.0. The van der Waals surface area contributed by atoms with Crippen LogP contribution in [0.25, 0.3) is 0 Å². The van der Waals surface area contributed by atoms with Crippen LogP contribution in [0.4, 0.5) is 0 Å². The lowest BCUT2D eigenvalue weighted by Gasteiger charge is -2.27. The molecule has 2 N–H and O–H groups in total. The van der Waals surface area contributed by atoms with Crippen molar-refractivity contribution in [1.82, 2.24) is 9.62 Å². The first-order valence-corrected chi connectivity index (χ1v) is 12.9. The van der Waals surface area contributed by atoms with Crippen molar-refractivity contribution in [2.24, 2.45) is 5.92 Å². The van der Waals surface area contributed by atoms with E-state index >= 15 is 0 Å². The smallest absolute Gasteiger partial charge is 0.311 e. The minimum absolute atomic E-state index is 0.00318. The van der Waals surface area contributed by atoms with Crippen LogP contribution in [-0.4, -0.2) is 60.6 Å². The molecule has 1 atom stereocenters. The van der Waals surface area contributed by atoms with Crippen LogP contribution >= 0.6 is 23.4 Å². The van der Waals surface area contributed by atoms with Crippen molar-refractivity contribution in [2.75, 3.05) is 32.4 Å². The van der Waals surface area contributed by atoms with Crippen molar-refractivity contribution in [3.8, 4) is 0 Å². The van der Waals surface area contributed by atoms with Crippen LogP contribution < -0.4 is 4.72 Å². The fourth-order valence-electron chi connectivity index (χ4n) is 3.25. The molecule has 0 spiro atoms. The van der Waals surface area contributed by atoms with Crippen LogP contribution in [0.2, 0.25) is 5.02 Å². The second-order valence-corrected chi connectivity index (χ2v) is 10.9. The number of aliphatic hydroxyl groups is 1. The zero-order chi connectivity index (χ0) is 21.8. The van der Waals surface area contributed by atoms with Crippen LogP contribution in [0.3, 0.4) is 0 Å². The van der Waals surface area contributed by atoms with E-state index in [-0.39, 0.29) is 15.8 Å². The number of rotatable bonds is 9. The van der Waals surface area contributed by atoms with Crippen molar-refractivity contribution in [2.45, 2.75) is 51.2 Å². The van der Waals surface area contributed by atoms with Crippen LogP contribution in [0.15, 0.2) is 23.1 Å². The van der Waals surface area contributed by atoms with E-state index in [4.69, 9.17) is 11.6 Å². The summed E-state index contributed by atoms with van der Waals surface area (Å²) in [5.74, 6) is 0.595. The van der Waals surface area contributed by atoms with E-state index in [0.717, 1.165) is 31.1 Å². The van der Waals surface area contributed by atoms with E-state index in [2.05, 4.69) is 23.1 Å². The van der Waals surface area contributed by atoms with Gasteiger partial charge in [-0.3, -0.25) is 4.58 Å². The summed E-state index contributed by atoms with van der Waals surface area (Å²) >= 11 is 7.81. The Hall–Kier alpha value is -0.800. The van der Waals surface area contributed by atoms with Crippen molar-refractivity contribution < 1.29 is 18.1 Å². The summed E-state index contributed by atoms with van der Waals surface area (Å²) in [5.41, 5.74) is -0.781. The van der Waals surface area contributed by atoms with Crippen LogP contribution in [-0.2, 0) is 15.7 Å². The van der Waals surface area contributed by atoms with E-state index in [9.17, 15) is 13.5 Å². The lowest BCUT2D eigenvalue weighted by Crippen LogP contribution is -2.45. The highest BCUT2D eigenvalue weighted by atomic mass is 35.5. The van der Waals surface area contributed by atoms with Gasteiger partial charge in [-0.15, -0.1) is 0 Å². The van der Waals surface area contributed by atoms with Gasteiger partial charge in [0.05, 0.1) is 30.9 Å². The first kappa shape index (κ1) is 24.5. The molecule has 0 aromatic heterocycles. The number of nitrogens with one attached hydrogen (secondary N) is 1. The molecule has 164 valence electrons. The standard InChI is InChI=1S/C20H33ClN3O3S2/c1-6-10-24(11-7-2)19-23(5)20(25,14-28-19)16-8-9-17(21)18(12-16)29(26,27)22-13-15(3)4/h8-9,12,15,22,25H,6-7,10-11,13-14H2,1-5H3/q+1. The Balaban J connectivity index is 2.43. The Morgan fingerprint density at radius 3 is 2.48 bits per heavy atom. The third-order valence-electron chi connectivity index (χ3n) is 4.87. The Morgan fingerprint density at radius 2 is 1.93 bits per heavy atom. The second-order valence-electron chi connectivity index (χ2n) is 7.82. The van der Waals surface area contributed by atoms with E-state index in [1.807, 2.05) is 25.8 Å². The molecule has 6 nitrogen and oxygen atoms in total. The topological polar surface area (TPSA) is 72.6 Å². The number of hydrogen-bond donors (Lipinski definition) is 2. The predicted octanol–water partition coefficient (Wildman–Crippen LogP) is 3.29. The molecular weight excluding hydrogens is 430 g/mol. The van der Waals surface area contributed by atoms with Crippen LogP contribution in [0.1, 0.15) is 46.1 Å². The average Bonchev–Trinajstić information content (AvgIpc) is 2.96. The third kappa shape index (κ3) is 5.47. The molecule has 29 heavy (non-hydrogen) atoms. The molecule has 0 bridgehead atoms. The number of hydrogen-bond acceptors (Lipinski definition) is 4. The minimum atomic E-state index is -3.76. The van der Waals surface area contributed by atoms with Gasteiger partial charge in [0.25, 0.3) is 0 Å². The van der Waals surface area contributed by atoms with E-state index in [1.165, 1.54) is 6.07 Å². The molecule has 2 rings (SSSR count). The Labute approximate surface area is 184 Å². The normalized spacial score (nSPS) is 20.0. The summed E-state index contributed by atoms with van der Waals surface area (Å²) in [6.07, 6.45) is 2.03. The van der Waals surface area contributed by atoms with Gasteiger partial charge in [-0.05, 0) is 42.7 Å². The maximum absolute atomic E-state index is 12.7. The van der Waals surface area contributed by atoms with Gasteiger partial charge in [0.2, 0.25) is 15.7 Å². The summed E-state index contributed by atoms with van der Waals surface area (Å²) in [4.78, 5) is 1.85. The Morgan fingerprint density at radius 1 is 1.31 bits per heavy atom. The zero-order valence-corrected chi connectivity index (χ0v) is 20.3. The average molecular weight is 463 g/mol. The molecule has 1 saturated heterocycles. The number of nitrogens with zero attached hydrogens (tertiary/aromatic N) is 2. The van der Waals surface area contributed by atoms with E-state index in [1.54, 1.807) is 23.9 Å². The molecule has 0 radical (unpaired) electrons. The van der Waals surface area contributed by atoms with Crippen molar-refractivity contribution in [1.29, 1.82) is 0 Å². The van der Waals surface area contributed by atoms with Crippen LogP contribution in [0.5, 0.6) is 0 Å². The van der Waals surface area contributed by atoms with Gasteiger partial charge in [-0.25, -0.2) is 18.0 Å². The highest BCUT2D eigenvalue weighted by molar-refractivity contribution is 8.13. The lowest BCUT2D eigenvalue weighted by atomic mass is 10.0. The highest BCUT2D eigenvalue weighted by Crippen LogP contribution is 2.39. The fraction of sp³-hybridized carbons (Fsp3) is 0.650. The molecule has 1 aromatic rings. The Bertz CT molecular complexity index is 851. The molecule has 0 amide bonds. The summed E-state index contributed by atoms with van der Waals surface area (Å²) in [5, 5.41) is 12.6. The van der Waals surface area contributed by atoms with Gasteiger partial charge in [0.1, 0.15) is 4.90 Å². The van der Waals surface area contributed by atoms with E-state index in [0.29, 0.717) is 17.9 Å². The lowest BCUT2D eigenvalue weighted by molar-refractivity contribution is -0.530. The van der Waals surface area contributed by atoms with Gasteiger partial charge in [-0.1, -0.05) is 45.4 Å². The zero-order valence-electron chi connectivity index (χ0n) is 17.9. The summed E-state index contributed by atoms with van der Waals surface area (Å²) in [6.45, 7) is 10.3. The quantitative estimate of drug-likeness (QED) is 0.551. The van der Waals surface area contributed by atoms with E-state index < -0.39 is 15.7 Å². The SMILES string of the molecule is CCC[N+](CCC)=C1SCC(O)(c2ccc(Cl)c(S(=O)(=O)NCC(C)C)c2)N1C. The minimum Gasteiger partial charge on any atom is -0.349 e. The Kier molecular flexibility index (Phi) is 8.44. The summed E-state index contributed by atoms with van der Waals surface area (Å²) in [7, 11) is -1.91. The maximum atomic E-state index is 12.7. The molecule has 1 aliphatic rings. The van der Waals surface area contributed by atoms with Gasteiger partial charge in [-0.2, -0.15) is 0 Å². The van der Waals surface area contributed by atoms with Crippen molar-refractivity contribution in [3.05, 3.63) is 28.8 Å². The first-order valence-electron chi connectivity index (χ1n) is 10.1. The summed E-state index contributed by atoms with van der Waals surface area (Å²) in [6, 6.07) is 4.74. The largest absolute Gasteiger partial charge is 0.349 e. The number of sulfonamides is 1. The first-order chi connectivity index (χ1) is 13.6. The number of thioether (sulfide) groups is 1. The fourth-order valence-corrected chi connectivity index (χ4v) is 6.39. The molecule has 1 fully saturated rings. The predicted molar refractivity (Wildman–Crippen MR) is 121 cm³/mol. The summed E-state index contributed by atoms with van der Waals surface area (Å²) < 4.78 is 30.4. The number of benzene rings is 1. The third-order valence-corrected chi connectivity index (χ3v) is 8.11. The molecule has 9 heteroatoms. The van der Waals surface area contributed by atoms with Gasteiger partial charge < -0.3 is 5.11 Å². The molecule has 0 saturated carbocycles. The van der Waals surface area contributed by atoms with Crippen molar-refractivity contribution >= 4 is 38.6 Å². The van der Waals surface area contributed by atoms with Crippen LogP contribution in [0, 0.1) is 5.92 Å². The molecule has 0 aliphatic carbocycles. The van der Waals surface area contributed by atoms with Gasteiger partial charge >= 0.3 is 5.17 Å². The number of amidine groups is 1.